The minimum atomic E-state index is -0.0865. The first kappa shape index (κ1) is 13.2. The van der Waals surface area contributed by atoms with Crippen LogP contribution in [0.5, 0.6) is 11.5 Å². The molecule has 1 heterocycles. The van der Waals surface area contributed by atoms with Gasteiger partial charge in [0, 0.05) is 0 Å². The summed E-state index contributed by atoms with van der Waals surface area (Å²) in [6.07, 6.45) is 6.91. The van der Waals surface area contributed by atoms with Crippen molar-refractivity contribution in [2.45, 2.75) is 57.5 Å². The molecule has 2 fully saturated rings. The summed E-state index contributed by atoms with van der Waals surface area (Å²) in [6, 6.07) is 4.47. The molecule has 1 N–H and O–H groups in total. The number of hydrogen-bond acceptors (Lipinski definition) is 3. The fraction of sp³-hybridized carbons (Fsp3) is 0.684. The van der Waals surface area contributed by atoms with Crippen LogP contribution in [0.25, 0.3) is 0 Å². The van der Waals surface area contributed by atoms with Crippen LogP contribution >= 0.6 is 0 Å². The topological polar surface area (TPSA) is 38.7 Å². The van der Waals surface area contributed by atoms with Gasteiger partial charge in [-0.25, -0.2) is 0 Å². The van der Waals surface area contributed by atoms with Crippen LogP contribution in [0, 0.1) is 17.3 Å². The van der Waals surface area contributed by atoms with Crippen LogP contribution in [0.4, 0.5) is 0 Å². The van der Waals surface area contributed by atoms with E-state index < -0.39 is 0 Å². The molecule has 5 atom stereocenters. The van der Waals surface area contributed by atoms with E-state index in [1.165, 1.54) is 30.4 Å². The molecule has 3 heteroatoms. The molecule has 3 unspecified atom stereocenters. The van der Waals surface area contributed by atoms with Crippen molar-refractivity contribution < 1.29 is 14.6 Å². The highest BCUT2D eigenvalue weighted by Gasteiger charge is 2.54. The van der Waals surface area contributed by atoms with E-state index in [1.54, 1.807) is 0 Å². The molecule has 5 rings (SSSR count). The summed E-state index contributed by atoms with van der Waals surface area (Å²) in [4.78, 5) is 0. The van der Waals surface area contributed by atoms with E-state index in [0.29, 0.717) is 18.6 Å². The Balaban J connectivity index is 1.54. The van der Waals surface area contributed by atoms with Gasteiger partial charge in [-0.1, -0.05) is 6.92 Å². The zero-order valence-electron chi connectivity index (χ0n) is 13.2. The van der Waals surface area contributed by atoms with E-state index in [4.69, 9.17) is 9.47 Å². The fourth-order valence-corrected chi connectivity index (χ4v) is 5.93. The fourth-order valence-electron chi connectivity index (χ4n) is 5.93. The van der Waals surface area contributed by atoms with Crippen molar-refractivity contribution in [3.63, 3.8) is 0 Å². The molecule has 0 spiro atoms. The van der Waals surface area contributed by atoms with Crippen molar-refractivity contribution in [1.29, 1.82) is 0 Å². The quantitative estimate of drug-likeness (QED) is 0.795. The third-order valence-corrected chi connectivity index (χ3v) is 7.17. The van der Waals surface area contributed by atoms with E-state index in [1.807, 2.05) is 0 Å². The summed E-state index contributed by atoms with van der Waals surface area (Å²) in [5.41, 5.74) is 3.13. The number of ether oxygens (including phenoxy) is 2. The molecule has 1 aromatic rings. The Hall–Kier alpha value is -1.22. The number of fused-ring (bicyclic) bond motifs is 6. The average molecular weight is 300 g/mol. The van der Waals surface area contributed by atoms with E-state index in [9.17, 15) is 5.11 Å². The van der Waals surface area contributed by atoms with Gasteiger partial charge in [0.2, 0.25) is 6.79 Å². The summed E-state index contributed by atoms with van der Waals surface area (Å²) in [7, 11) is 0. The van der Waals surface area contributed by atoms with Crippen molar-refractivity contribution in [1.82, 2.24) is 0 Å². The van der Waals surface area contributed by atoms with Gasteiger partial charge in [0.25, 0.3) is 0 Å². The largest absolute Gasteiger partial charge is 0.454 e. The van der Waals surface area contributed by atoms with Crippen LogP contribution in [0.3, 0.4) is 0 Å². The number of aliphatic hydroxyl groups is 1. The molecule has 2 saturated carbocycles. The minimum Gasteiger partial charge on any atom is -0.454 e. The summed E-state index contributed by atoms with van der Waals surface area (Å²) in [5.74, 6) is 3.94. The van der Waals surface area contributed by atoms with Gasteiger partial charge in [0.1, 0.15) is 0 Å². The molecule has 3 aliphatic carbocycles. The molecule has 1 aromatic carbocycles. The molecule has 0 amide bonds. The monoisotopic (exact) mass is 300 g/mol. The van der Waals surface area contributed by atoms with Crippen molar-refractivity contribution >= 4 is 0 Å². The molecular formula is C19H24O3. The second-order valence-electron chi connectivity index (χ2n) is 7.96. The Labute approximate surface area is 131 Å². The Kier molecular flexibility index (Phi) is 2.65. The average Bonchev–Trinajstić information content (AvgIpc) is 3.09. The van der Waals surface area contributed by atoms with E-state index in [0.717, 1.165) is 36.7 Å². The zero-order chi connectivity index (χ0) is 14.9. The van der Waals surface area contributed by atoms with Gasteiger partial charge in [-0.2, -0.15) is 0 Å². The predicted molar refractivity (Wildman–Crippen MR) is 83.2 cm³/mol. The standard InChI is InChI=1S/C19H24O3/c1-19-7-6-12-13(15(19)4-5-18(19)20)3-2-11-8-16-17(9-14(11)12)22-10-21-16/h8-9,12-13,15,18,20H,2-7,10H2,1H3/t12?,13?,15?,18-,19-/m0/s1. The maximum absolute atomic E-state index is 10.5. The van der Waals surface area contributed by atoms with Gasteiger partial charge < -0.3 is 14.6 Å². The van der Waals surface area contributed by atoms with Gasteiger partial charge in [-0.05, 0) is 85.0 Å². The number of hydrogen-bond donors (Lipinski definition) is 1. The van der Waals surface area contributed by atoms with Crippen LogP contribution in [0.15, 0.2) is 12.1 Å². The summed E-state index contributed by atoms with van der Waals surface area (Å²) in [5, 5.41) is 10.5. The maximum atomic E-state index is 10.5. The first-order valence-electron chi connectivity index (χ1n) is 8.77. The number of rotatable bonds is 0. The van der Waals surface area contributed by atoms with Gasteiger partial charge in [0.05, 0.1) is 6.10 Å². The van der Waals surface area contributed by atoms with Crippen molar-refractivity contribution in [3.05, 3.63) is 23.3 Å². The van der Waals surface area contributed by atoms with E-state index in [-0.39, 0.29) is 11.5 Å². The van der Waals surface area contributed by atoms with Crippen molar-refractivity contribution in [2.24, 2.45) is 17.3 Å². The van der Waals surface area contributed by atoms with Crippen molar-refractivity contribution in [2.75, 3.05) is 6.79 Å². The highest BCUT2D eigenvalue weighted by Crippen LogP contribution is 2.61. The summed E-state index contributed by atoms with van der Waals surface area (Å²) >= 11 is 0. The highest BCUT2D eigenvalue weighted by molar-refractivity contribution is 5.51. The van der Waals surface area contributed by atoms with Gasteiger partial charge in [-0.15, -0.1) is 0 Å². The SMILES string of the molecule is C[C@]12CCC3c4cc5c(cc4CCC3C1CC[C@@H]2O)OCO5. The lowest BCUT2D eigenvalue weighted by Crippen LogP contribution is -2.43. The third kappa shape index (κ3) is 1.61. The maximum Gasteiger partial charge on any atom is 0.231 e. The second kappa shape index (κ2) is 4.41. The molecule has 0 saturated heterocycles. The van der Waals surface area contributed by atoms with Crippen LogP contribution in [0.2, 0.25) is 0 Å². The van der Waals surface area contributed by atoms with Crippen LogP contribution in [-0.4, -0.2) is 18.0 Å². The Bertz CT molecular complexity index is 625. The molecule has 4 aliphatic rings. The molecule has 0 radical (unpaired) electrons. The van der Waals surface area contributed by atoms with Gasteiger partial charge in [0.15, 0.2) is 11.5 Å². The number of aryl methyl sites for hydroxylation is 1. The van der Waals surface area contributed by atoms with E-state index >= 15 is 0 Å². The molecule has 0 bridgehead atoms. The van der Waals surface area contributed by atoms with Crippen molar-refractivity contribution in [3.8, 4) is 11.5 Å². The lowest BCUT2D eigenvalue weighted by atomic mass is 9.55. The third-order valence-electron chi connectivity index (χ3n) is 7.17. The summed E-state index contributed by atoms with van der Waals surface area (Å²) in [6.45, 7) is 2.69. The second-order valence-corrected chi connectivity index (χ2v) is 7.96. The highest BCUT2D eigenvalue weighted by atomic mass is 16.7. The first-order chi connectivity index (χ1) is 10.7. The lowest BCUT2D eigenvalue weighted by Gasteiger charge is -2.50. The van der Waals surface area contributed by atoms with Gasteiger partial charge >= 0.3 is 0 Å². The molecule has 22 heavy (non-hydrogen) atoms. The van der Waals surface area contributed by atoms with E-state index in [2.05, 4.69) is 19.1 Å². The van der Waals surface area contributed by atoms with Gasteiger partial charge in [-0.3, -0.25) is 0 Å². The molecule has 3 nitrogen and oxygen atoms in total. The normalized spacial score (nSPS) is 41.7. The minimum absolute atomic E-state index is 0.0865. The molecular weight excluding hydrogens is 276 g/mol. The Morgan fingerprint density at radius 3 is 2.77 bits per heavy atom. The predicted octanol–water partition coefficient (Wildman–Crippen LogP) is 3.63. The summed E-state index contributed by atoms with van der Waals surface area (Å²) < 4.78 is 11.2. The first-order valence-corrected chi connectivity index (χ1v) is 8.77. The van der Waals surface area contributed by atoms with Crippen LogP contribution in [-0.2, 0) is 6.42 Å². The molecule has 1 aliphatic heterocycles. The zero-order valence-corrected chi connectivity index (χ0v) is 13.2. The molecule has 0 aromatic heterocycles. The molecule has 118 valence electrons. The lowest BCUT2D eigenvalue weighted by molar-refractivity contribution is -0.0226. The van der Waals surface area contributed by atoms with Crippen LogP contribution < -0.4 is 9.47 Å². The Morgan fingerprint density at radius 2 is 1.91 bits per heavy atom. The van der Waals surface area contributed by atoms with Crippen LogP contribution in [0.1, 0.15) is 56.1 Å². The number of aliphatic hydroxyl groups excluding tert-OH is 1. The Morgan fingerprint density at radius 1 is 1.09 bits per heavy atom. The smallest absolute Gasteiger partial charge is 0.231 e. The number of benzene rings is 1.